The van der Waals surface area contributed by atoms with Gasteiger partial charge in [0.1, 0.15) is 12.3 Å². The molecule has 0 bridgehead atoms. The number of anilines is 1. The van der Waals surface area contributed by atoms with Crippen molar-refractivity contribution in [3.8, 4) is 5.75 Å². The van der Waals surface area contributed by atoms with Crippen molar-refractivity contribution in [1.29, 1.82) is 0 Å². The van der Waals surface area contributed by atoms with Crippen molar-refractivity contribution in [3.63, 3.8) is 0 Å². The van der Waals surface area contributed by atoms with Crippen LogP contribution in [-0.2, 0) is 30.6 Å². The Morgan fingerprint density at radius 3 is 2.50 bits per heavy atom. The molecule has 1 amide bonds. The van der Waals surface area contributed by atoms with E-state index in [2.05, 4.69) is 0 Å². The number of hydrogen-bond donors (Lipinski definition) is 2. The summed E-state index contributed by atoms with van der Waals surface area (Å²) >= 11 is 0. The number of rotatable bonds is 3. The number of nitrogens with one attached hydrogen (secondary N) is 1. The second-order valence-electron chi connectivity index (χ2n) is 4.43. The molecule has 0 saturated carbocycles. The van der Waals surface area contributed by atoms with E-state index in [-0.39, 0.29) is 11.4 Å². The number of phenolic OH excluding ortho intramolecular Hbond substituents is 1. The first-order valence-corrected chi connectivity index (χ1v) is 8.91. The van der Waals surface area contributed by atoms with Gasteiger partial charge in [0.2, 0.25) is 0 Å². The van der Waals surface area contributed by atoms with Gasteiger partial charge in [-0.05, 0) is 17.7 Å². The van der Waals surface area contributed by atoms with Crippen LogP contribution in [0.2, 0.25) is 0 Å². The van der Waals surface area contributed by atoms with Gasteiger partial charge < -0.3 is 5.11 Å². The first-order valence-electron chi connectivity index (χ1n) is 5.41. The molecule has 2 rings (SSSR count). The molecule has 8 nitrogen and oxygen atoms in total. The number of phenols is 1. The molecule has 110 valence electrons. The fourth-order valence-corrected chi connectivity index (χ4v) is 3.78. The Hall–Kier alpha value is -1.81. The molecular weight excluding hydrogens is 308 g/mol. The van der Waals surface area contributed by atoms with Crippen LogP contribution < -0.4 is 9.03 Å². The summed E-state index contributed by atoms with van der Waals surface area (Å²) in [6.45, 7) is -0.429. The van der Waals surface area contributed by atoms with Gasteiger partial charge >= 0.3 is 10.2 Å². The number of sulfone groups is 1. The largest absolute Gasteiger partial charge is 0.506 e. The SMILES string of the molecule is CS(=O)(=O)Cc1ccc(N2CC(=O)NS2(=O)=O)c(O)c1. The second-order valence-corrected chi connectivity index (χ2v) is 8.17. The summed E-state index contributed by atoms with van der Waals surface area (Å²) in [6, 6.07) is 3.80. The van der Waals surface area contributed by atoms with Crippen molar-refractivity contribution in [2.75, 3.05) is 17.1 Å². The summed E-state index contributed by atoms with van der Waals surface area (Å²) in [7, 11) is -7.27. The lowest BCUT2D eigenvalue weighted by Gasteiger charge is -2.16. The smallest absolute Gasteiger partial charge is 0.326 e. The van der Waals surface area contributed by atoms with E-state index in [1.165, 1.54) is 12.1 Å². The Bertz CT molecular complexity index is 769. The molecule has 20 heavy (non-hydrogen) atoms. The van der Waals surface area contributed by atoms with Crippen LogP contribution in [0.15, 0.2) is 18.2 Å². The van der Waals surface area contributed by atoms with E-state index in [1.54, 1.807) is 4.72 Å². The van der Waals surface area contributed by atoms with Crippen molar-refractivity contribution in [3.05, 3.63) is 23.8 Å². The predicted octanol–water partition coefficient (Wildman–Crippen LogP) is -0.882. The Morgan fingerprint density at radius 2 is 2.05 bits per heavy atom. The minimum atomic E-state index is -4.00. The van der Waals surface area contributed by atoms with Gasteiger partial charge in [-0.15, -0.1) is 0 Å². The molecule has 1 fully saturated rings. The van der Waals surface area contributed by atoms with Crippen molar-refractivity contribution >= 4 is 31.6 Å². The minimum Gasteiger partial charge on any atom is -0.506 e. The molecule has 0 atom stereocenters. The van der Waals surface area contributed by atoms with E-state index in [9.17, 15) is 26.7 Å². The monoisotopic (exact) mass is 320 g/mol. The molecule has 0 aromatic heterocycles. The Kier molecular flexibility index (Phi) is 3.38. The molecule has 1 saturated heterocycles. The normalized spacial score (nSPS) is 18.1. The summed E-state index contributed by atoms with van der Waals surface area (Å²) in [5, 5.41) is 9.83. The molecule has 1 aliphatic rings. The maximum atomic E-state index is 11.6. The predicted molar refractivity (Wildman–Crippen MR) is 71.1 cm³/mol. The lowest BCUT2D eigenvalue weighted by molar-refractivity contribution is -0.117. The van der Waals surface area contributed by atoms with E-state index < -0.39 is 38.2 Å². The maximum absolute atomic E-state index is 11.6. The molecule has 1 aromatic carbocycles. The molecule has 10 heteroatoms. The first kappa shape index (κ1) is 14.6. The number of benzene rings is 1. The van der Waals surface area contributed by atoms with Crippen molar-refractivity contribution < 1.29 is 26.7 Å². The van der Waals surface area contributed by atoms with Crippen LogP contribution in [0.5, 0.6) is 5.75 Å². The van der Waals surface area contributed by atoms with E-state index in [4.69, 9.17) is 0 Å². The van der Waals surface area contributed by atoms with Crippen LogP contribution in [0, 0.1) is 0 Å². The highest BCUT2D eigenvalue weighted by molar-refractivity contribution is 7.92. The Morgan fingerprint density at radius 1 is 1.40 bits per heavy atom. The van der Waals surface area contributed by atoms with E-state index in [1.807, 2.05) is 0 Å². The standard InChI is InChI=1S/C10H12N2O6S2/c1-19(15,16)6-7-2-3-8(9(13)4-7)12-5-10(14)11-20(12,17)18/h2-4,13H,5-6H2,1H3,(H,11,14). The van der Waals surface area contributed by atoms with Crippen molar-refractivity contribution in [1.82, 2.24) is 4.72 Å². The zero-order chi connectivity index (χ0) is 15.1. The molecule has 0 aliphatic carbocycles. The van der Waals surface area contributed by atoms with E-state index >= 15 is 0 Å². The third-order valence-electron chi connectivity index (χ3n) is 2.56. The summed E-state index contributed by atoms with van der Waals surface area (Å²) in [6.07, 6.45) is 1.05. The number of hydrogen-bond acceptors (Lipinski definition) is 6. The third-order valence-corrected chi connectivity index (χ3v) is 4.81. The molecule has 0 unspecified atom stereocenters. The van der Waals surface area contributed by atoms with Gasteiger partial charge in [0.25, 0.3) is 5.91 Å². The molecule has 1 heterocycles. The lowest BCUT2D eigenvalue weighted by Crippen LogP contribution is -2.29. The first-order chi connectivity index (χ1) is 9.08. The number of amides is 1. The highest BCUT2D eigenvalue weighted by Crippen LogP contribution is 2.31. The third kappa shape index (κ3) is 3.02. The summed E-state index contributed by atoms with van der Waals surface area (Å²) in [5.41, 5.74) is 0.241. The zero-order valence-corrected chi connectivity index (χ0v) is 12.0. The van der Waals surface area contributed by atoms with E-state index in [0.717, 1.165) is 16.6 Å². The molecule has 2 N–H and O–H groups in total. The summed E-state index contributed by atoms with van der Waals surface area (Å²) in [4.78, 5) is 11.1. The topological polar surface area (TPSA) is 121 Å². The molecule has 1 aliphatic heterocycles. The maximum Gasteiger partial charge on any atom is 0.326 e. The van der Waals surface area contributed by atoms with Gasteiger partial charge in [0.05, 0.1) is 11.4 Å². The molecule has 0 spiro atoms. The Balaban J connectivity index is 2.38. The van der Waals surface area contributed by atoms with Gasteiger partial charge in [-0.25, -0.2) is 17.4 Å². The van der Waals surface area contributed by atoms with Gasteiger partial charge in [-0.1, -0.05) is 6.07 Å². The summed E-state index contributed by atoms with van der Waals surface area (Å²) in [5.74, 6) is -1.39. The lowest BCUT2D eigenvalue weighted by atomic mass is 10.2. The number of aromatic hydroxyl groups is 1. The van der Waals surface area contributed by atoms with Crippen LogP contribution in [0.1, 0.15) is 5.56 Å². The number of carbonyl (C=O) groups excluding carboxylic acids is 1. The van der Waals surface area contributed by atoms with E-state index in [0.29, 0.717) is 5.56 Å². The highest BCUT2D eigenvalue weighted by atomic mass is 32.2. The van der Waals surface area contributed by atoms with Crippen LogP contribution in [-0.4, -0.2) is 40.6 Å². The fourth-order valence-electron chi connectivity index (χ4n) is 1.83. The minimum absolute atomic E-state index is 0.0828. The van der Waals surface area contributed by atoms with Crippen LogP contribution in [0.25, 0.3) is 0 Å². The molecule has 0 radical (unpaired) electrons. The van der Waals surface area contributed by atoms with Crippen molar-refractivity contribution in [2.24, 2.45) is 0 Å². The van der Waals surface area contributed by atoms with Gasteiger partial charge in [0, 0.05) is 6.26 Å². The van der Waals surface area contributed by atoms with Crippen LogP contribution in [0.3, 0.4) is 0 Å². The Labute approximate surface area is 116 Å². The highest BCUT2D eigenvalue weighted by Gasteiger charge is 2.35. The average Bonchev–Trinajstić information content (AvgIpc) is 2.49. The molecule has 1 aromatic rings. The van der Waals surface area contributed by atoms with Crippen molar-refractivity contribution in [2.45, 2.75) is 5.75 Å². The number of nitrogens with zero attached hydrogens (tertiary/aromatic N) is 1. The van der Waals surface area contributed by atoms with Gasteiger partial charge in [-0.2, -0.15) is 8.42 Å². The quantitative estimate of drug-likeness (QED) is 0.746. The van der Waals surface area contributed by atoms with Gasteiger partial charge in [-0.3, -0.25) is 4.79 Å². The van der Waals surface area contributed by atoms with Crippen LogP contribution >= 0.6 is 0 Å². The van der Waals surface area contributed by atoms with Gasteiger partial charge in [0.15, 0.2) is 9.84 Å². The summed E-state index contributed by atoms with van der Waals surface area (Å²) < 4.78 is 48.1. The average molecular weight is 320 g/mol. The fraction of sp³-hybridized carbons (Fsp3) is 0.300. The second kappa shape index (κ2) is 4.63. The molecular formula is C10H12N2O6S2. The van der Waals surface area contributed by atoms with Crippen LogP contribution in [0.4, 0.5) is 5.69 Å². The number of carbonyl (C=O) groups is 1. The zero-order valence-electron chi connectivity index (χ0n) is 10.4.